The topological polar surface area (TPSA) is 135 Å². The fraction of sp³-hybridized carbons (Fsp3) is 0.641. The van der Waals surface area contributed by atoms with Crippen LogP contribution in [0.5, 0.6) is 0 Å². The van der Waals surface area contributed by atoms with Gasteiger partial charge in [0, 0.05) is 38.8 Å². The lowest BCUT2D eigenvalue weighted by Crippen LogP contribution is -2.59. The van der Waals surface area contributed by atoms with E-state index in [1.54, 1.807) is 17.1 Å². The molecular weight excluding hydrogens is 638 g/mol. The van der Waals surface area contributed by atoms with Gasteiger partial charge in [0.05, 0.1) is 24.7 Å². The number of carbonyl (C=O) groups is 4. The van der Waals surface area contributed by atoms with Gasteiger partial charge in [0.25, 0.3) is 0 Å². The number of fused-ring (bicyclic) bond motifs is 2. The van der Waals surface area contributed by atoms with Crippen LogP contribution in [-0.4, -0.2) is 101 Å². The van der Waals surface area contributed by atoms with Crippen molar-refractivity contribution in [2.24, 2.45) is 17.3 Å². The van der Waals surface area contributed by atoms with Gasteiger partial charge in [0.15, 0.2) is 0 Å². The van der Waals surface area contributed by atoms with Crippen molar-refractivity contribution >= 4 is 23.7 Å². The zero-order valence-corrected chi connectivity index (χ0v) is 30.4. The fourth-order valence-electron chi connectivity index (χ4n) is 8.64. The maximum atomic E-state index is 14.9. The molecule has 5 rings (SSSR count). The second-order valence-corrected chi connectivity index (χ2v) is 15.9. The van der Waals surface area contributed by atoms with E-state index in [0.717, 1.165) is 6.42 Å². The number of carbonyl (C=O) groups excluding carboxylic acids is 4. The first-order chi connectivity index (χ1) is 23.7. The largest absolute Gasteiger partial charge is 0.455 e. The van der Waals surface area contributed by atoms with Crippen LogP contribution in [0, 0.1) is 17.3 Å². The molecular formula is C39H55N3O8. The lowest BCUT2D eigenvalue weighted by atomic mass is 9.77. The van der Waals surface area contributed by atoms with Gasteiger partial charge in [0.1, 0.15) is 23.7 Å². The van der Waals surface area contributed by atoms with Crippen LogP contribution < -0.4 is 5.32 Å². The molecule has 1 aromatic carbocycles. The van der Waals surface area contributed by atoms with E-state index >= 15 is 0 Å². The number of ether oxygens (including phenoxy) is 3. The summed E-state index contributed by atoms with van der Waals surface area (Å²) < 4.78 is 18.7. The highest BCUT2D eigenvalue weighted by atomic mass is 16.6. The highest BCUT2D eigenvalue weighted by Gasteiger charge is 2.72. The summed E-state index contributed by atoms with van der Waals surface area (Å²) in [4.78, 5) is 60.8. The Bertz CT molecular complexity index is 1450. The van der Waals surface area contributed by atoms with E-state index in [9.17, 15) is 24.3 Å². The van der Waals surface area contributed by atoms with Crippen LogP contribution in [0.15, 0.2) is 54.6 Å². The Kier molecular flexibility index (Phi) is 11.6. The maximum Gasteiger partial charge on any atom is 0.313 e. The Morgan fingerprint density at radius 2 is 1.74 bits per heavy atom. The minimum absolute atomic E-state index is 0.0402. The molecule has 4 aliphatic rings. The molecule has 2 N–H and O–H groups in total. The summed E-state index contributed by atoms with van der Waals surface area (Å²) in [6, 6.07) is 7.49. The molecule has 0 bridgehead atoms. The highest BCUT2D eigenvalue weighted by molar-refractivity contribution is 5.99. The average molecular weight is 694 g/mol. The van der Waals surface area contributed by atoms with Crippen molar-refractivity contribution < 1.29 is 38.5 Å². The van der Waals surface area contributed by atoms with Crippen LogP contribution in [0.25, 0.3) is 0 Å². The van der Waals surface area contributed by atoms with Crippen molar-refractivity contribution in [3.05, 3.63) is 60.2 Å². The summed E-state index contributed by atoms with van der Waals surface area (Å²) in [6.07, 6.45) is 8.67. The quantitative estimate of drug-likeness (QED) is 0.213. The van der Waals surface area contributed by atoms with E-state index in [-0.39, 0.29) is 49.3 Å². The first-order valence-corrected chi connectivity index (χ1v) is 18.0. The molecule has 11 nitrogen and oxygen atoms in total. The molecule has 4 heterocycles. The number of nitrogens with one attached hydrogen (secondary N) is 1. The Balaban J connectivity index is 1.60. The van der Waals surface area contributed by atoms with Gasteiger partial charge in [-0.15, -0.1) is 0 Å². The van der Waals surface area contributed by atoms with Gasteiger partial charge in [-0.2, -0.15) is 0 Å². The molecule has 7 atom stereocenters. The Labute approximate surface area is 296 Å². The van der Waals surface area contributed by atoms with E-state index in [1.165, 1.54) is 7.11 Å². The smallest absolute Gasteiger partial charge is 0.313 e. The van der Waals surface area contributed by atoms with Crippen LogP contribution in [-0.2, 0) is 33.4 Å². The van der Waals surface area contributed by atoms with E-state index in [2.05, 4.69) is 39.9 Å². The number of hydrogen-bond acceptors (Lipinski definition) is 8. The number of unbranched alkanes of at least 4 members (excludes halogenated alkanes) is 2. The monoisotopic (exact) mass is 693 g/mol. The number of aliphatic hydroxyl groups is 1. The summed E-state index contributed by atoms with van der Waals surface area (Å²) in [5, 5.41) is 12.4. The molecule has 0 radical (unpaired) electrons. The fourth-order valence-corrected chi connectivity index (χ4v) is 8.64. The predicted molar refractivity (Wildman–Crippen MR) is 187 cm³/mol. The number of hydrogen-bond donors (Lipinski definition) is 2. The lowest BCUT2D eigenvalue weighted by molar-refractivity contribution is -0.162. The Morgan fingerprint density at radius 1 is 1.00 bits per heavy atom. The number of benzene rings is 1. The van der Waals surface area contributed by atoms with E-state index in [1.807, 2.05) is 47.4 Å². The highest BCUT2D eigenvalue weighted by Crippen LogP contribution is 2.54. The number of cyclic esters (lactones) is 1. The molecule has 2 fully saturated rings. The molecule has 11 heteroatoms. The van der Waals surface area contributed by atoms with Crippen molar-refractivity contribution in [1.29, 1.82) is 0 Å². The van der Waals surface area contributed by atoms with E-state index in [0.29, 0.717) is 37.8 Å². The zero-order valence-electron chi connectivity index (χ0n) is 30.4. The van der Waals surface area contributed by atoms with Gasteiger partial charge in [0.2, 0.25) is 17.7 Å². The SMILES string of the molecule is COC[C@H]1NC(=O)CC/C=C\[C@H]2O[C@]34C=CCN(C(C)(C)CC(C)(C)C)C(=O)[C@H]3N(CCCCCO)C(=O)[C@@H]4[C@H]2C(=O)O[C@@H]1c1ccccc1. The summed E-state index contributed by atoms with van der Waals surface area (Å²) in [5.41, 5.74) is -1.36. The Morgan fingerprint density at radius 3 is 2.42 bits per heavy atom. The number of rotatable bonds is 10. The molecule has 0 saturated carbocycles. The number of allylic oxidation sites excluding steroid dienone is 1. The average Bonchev–Trinajstić information content (AvgIpc) is 3.42. The van der Waals surface area contributed by atoms with Gasteiger partial charge < -0.3 is 34.4 Å². The molecule has 4 aliphatic heterocycles. The van der Waals surface area contributed by atoms with Crippen LogP contribution in [0.4, 0.5) is 0 Å². The second-order valence-electron chi connectivity index (χ2n) is 15.9. The molecule has 3 amide bonds. The number of nitrogens with zero attached hydrogens (tertiary/aromatic N) is 2. The molecule has 1 spiro atoms. The molecule has 50 heavy (non-hydrogen) atoms. The number of esters is 1. The molecule has 0 unspecified atom stereocenters. The van der Waals surface area contributed by atoms with Crippen LogP contribution in [0.1, 0.15) is 84.8 Å². The van der Waals surface area contributed by atoms with E-state index in [4.69, 9.17) is 14.2 Å². The minimum atomic E-state index is -1.42. The number of methoxy groups -OCH3 is 1. The third kappa shape index (κ3) is 7.70. The van der Waals surface area contributed by atoms with Gasteiger partial charge in [-0.1, -0.05) is 75.4 Å². The summed E-state index contributed by atoms with van der Waals surface area (Å²) in [6.45, 7) is 11.3. The third-order valence-electron chi connectivity index (χ3n) is 10.3. The molecule has 0 aromatic heterocycles. The lowest BCUT2D eigenvalue weighted by Gasteiger charge is -2.44. The Hall–Kier alpha value is -3.54. The number of amides is 3. The molecule has 1 aromatic rings. The van der Waals surface area contributed by atoms with Gasteiger partial charge >= 0.3 is 5.97 Å². The van der Waals surface area contributed by atoms with Crippen LogP contribution in [0.3, 0.4) is 0 Å². The predicted octanol–water partition coefficient (Wildman–Crippen LogP) is 4.11. The standard InChI is InChI=1S/C39H55N3O8/c1-37(2,3)25-38(4,5)42-22-15-20-39-31(34(45)41(33(39)35(42)46)21-13-8-14-23-43)30-28(50-39)18-11-12-19-29(44)40-27(24-48-6)32(49-36(30)47)26-16-9-7-10-17-26/h7,9-11,15-18,20,27-28,30-33,43H,8,12-14,19,21-25H2,1-6H3,(H,40,44)/b18-11-/t27-,28-,30+,31+,32-,33-,39+/m1/s1. The molecule has 274 valence electrons. The van der Waals surface area contributed by atoms with Gasteiger partial charge in [-0.3, -0.25) is 19.2 Å². The third-order valence-corrected chi connectivity index (χ3v) is 10.3. The summed E-state index contributed by atoms with van der Waals surface area (Å²) in [5.74, 6) is -3.47. The maximum absolute atomic E-state index is 14.9. The van der Waals surface area contributed by atoms with Gasteiger partial charge in [-0.25, -0.2) is 0 Å². The van der Waals surface area contributed by atoms with Crippen LogP contribution >= 0.6 is 0 Å². The zero-order chi connectivity index (χ0) is 36.3. The van der Waals surface area contributed by atoms with Gasteiger partial charge in [-0.05, 0) is 56.9 Å². The van der Waals surface area contributed by atoms with Crippen molar-refractivity contribution in [2.45, 2.75) is 109 Å². The van der Waals surface area contributed by atoms with Crippen molar-refractivity contribution in [3.8, 4) is 0 Å². The van der Waals surface area contributed by atoms with Crippen molar-refractivity contribution in [1.82, 2.24) is 15.1 Å². The van der Waals surface area contributed by atoms with E-state index < -0.39 is 53.2 Å². The molecule has 2 saturated heterocycles. The normalized spacial score (nSPS) is 31.2. The van der Waals surface area contributed by atoms with Crippen molar-refractivity contribution in [2.75, 3.05) is 33.4 Å². The summed E-state index contributed by atoms with van der Waals surface area (Å²) in [7, 11) is 1.52. The first kappa shape index (κ1) is 37.7. The van der Waals surface area contributed by atoms with Crippen LogP contribution in [0.2, 0.25) is 0 Å². The number of aliphatic hydroxyl groups excluding tert-OH is 1. The van der Waals surface area contributed by atoms with Crippen molar-refractivity contribution in [3.63, 3.8) is 0 Å². The minimum Gasteiger partial charge on any atom is -0.455 e. The molecule has 0 aliphatic carbocycles. The summed E-state index contributed by atoms with van der Waals surface area (Å²) >= 11 is 0. The second kappa shape index (κ2) is 15.4. The number of likely N-dealkylation sites (tertiary alicyclic amines) is 1. The first-order valence-electron chi connectivity index (χ1n) is 18.0.